The maximum Gasteiger partial charge on any atom is 0.169 e. The summed E-state index contributed by atoms with van der Waals surface area (Å²) in [5.74, 6) is 0.284. The van der Waals surface area contributed by atoms with Crippen molar-refractivity contribution in [2.45, 2.75) is 32.7 Å². The normalized spacial score (nSPS) is 23.2. The number of Topliss-reactive ketones (excluding diaryl/α,β-unsaturated/α-hetero) is 1. The van der Waals surface area contributed by atoms with Gasteiger partial charge in [-0.1, -0.05) is 42.8 Å². The Balaban J connectivity index is 1.44. The minimum Gasteiger partial charge on any atom is -0.299 e. The summed E-state index contributed by atoms with van der Waals surface area (Å²) in [6.45, 7) is 5.17. The van der Waals surface area contributed by atoms with E-state index >= 15 is 0 Å². The lowest BCUT2D eigenvalue weighted by atomic mass is 9.82. The van der Waals surface area contributed by atoms with Gasteiger partial charge < -0.3 is 0 Å². The summed E-state index contributed by atoms with van der Waals surface area (Å²) >= 11 is 6.09. The van der Waals surface area contributed by atoms with Gasteiger partial charge in [0, 0.05) is 29.1 Å². The molecule has 4 rings (SSSR count). The van der Waals surface area contributed by atoms with Crippen LogP contribution in [0.5, 0.6) is 0 Å². The van der Waals surface area contributed by atoms with Crippen LogP contribution in [0, 0.1) is 5.41 Å². The molecule has 0 amide bonds. The zero-order chi connectivity index (χ0) is 16.7. The number of carbonyl (C=O) groups is 1. The third-order valence-corrected chi connectivity index (χ3v) is 5.87. The lowest BCUT2D eigenvalue weighted by Crippen LogP contribution is -2.35. The summed E-state index contributed by atoms with van der Waals surface area (Å²) < 4.78 is 0. The molecule has 0 spiro atoms. The van der Waals surface area contributed by atoms with Gasteiger partial charge in [-0.3, -0.25) is 9.69 Å². The molecule has 0 N–H and O–H groups in total. The molecule has 0 saturated heterocycles. The summed E-state index contributed by atoms with van der Waals surface area (Å²) in [7, 11) is 0. The Kier molecular flexibility index (Phi) is 3.98. The van der Waals surface area contributed by atoms with E-state index in [1.165, 1.54) is 11.1 Å². The Morgan fingerprint density at radius 1 is 1.12 bits per heavy atom. The highest BCUT2D eigenvalue weighted by atomic mass is 35.5. The molecule has 0 saturated carbocycles. The zero-order valence-corrected chi connectivity index (χ0v) is 14.8. The molecule has 124 valence electrons. The van der Waals surface area contributed by atoms with Gasteiger partial charge in [-0.2, -0.15) is 0 Å². The fraction of sp³-hybridized carbons (Fsp3) is 0.381. The number of hydrogen-bond acceptors (Lipinski definition) is 2. The van der Waals surface area contributed by atoms with Gasteiger partial charge in [0.25, 0.3) is 0 Å². The summed E-state index contributed by atoms with van der Waals surface area (Å²) in [4.78, 5) is 15.3. The van der Waals surface area contributed by atoms with Gasteiger partial charge in [0.15, 0.2) is 5.78 Å². The van der Waals surface area contributed by atoms with Crippen molar-refractivity contribution in [1.82, 2.24) is 4.90 Å². The second-order valence-electron chi connectivity index (χ2n) is 7.41. The Bertz CT molecular complexity index is 800. The molecule has 1 heterocycles. The molecule has 0 fully saturated rings. The Morgan fingerprint density at radius 3 is 2.75 bits per heavy atom. The third-order valence-electron chi connectivity index (χ3n) is 5.63. The second-order valence-corrected chi connectivity index (χ2v) is 7.85. The van der Waals surface area contributed by atoms with Crippen LogP contribution in [-0.4, -0.2) is 23.8 Å². The number of fused-ring (bicyclic) bond motifs is 2. The van der Waals surface area contributed by atoms with E-state index < -0.39 is 0 Å². The first-order chi connectivity index (χ1) is 11.5. The number of nitrogens with zero attached hydrogens (tertiary/aromatic N) is 1. The SMILES string of the molecule is CC1(CCN2CCc3ccccc3C2)Cc2cc(Cl)ccc2C1=O. The summed E-state index contributed by atoms with van der Waals surface area (Å²) in [6.07, 6.45) is 2.82. The smallest absolute Gasteiger partial charge is 0.169 e. The maximum absolute atomic E-state index is 12.8. The van der Waals surface area contributed by atoms with Crippen molar-refractivity contribution in [2.75, 3.05) is 13.1 Å². The van der Waals surface area contributed by atoms with Crippen LogP contribution < -0.4 is 0 Å². The van der Waals surface area contributed by atoms with Gasteiger partial charge in [0.2, 0.25) is 0 Å². The standard InChI is InChI=1S/C21H22ClNO/c1-21(13-17-12-18(22)6-7-19(17)20(21)24)9-11-23-10-8-15-4-2-3-5-16(15)14-23/h2-7,12H,8-11,13-14H2,1H3. The van der Waals surface area contributed by atoms with Crippen molar-refractivity contribution in [3.63, 3.8) is 0 Å². The molecule has 24 heavy (non-hydrogen) atoms. The summed E-state index contributed by atoms with van der Waals surface area (Å²) in [5, 5.41) is 0.721. The van der Waals surface area contributed by atoms with Crippen molar-refractivity contribution in [3.05, 3.63) is 69.7 Å². The van der Waals surface area contributed by atoms with Crippen LogP contribution in [0.4, 0.5) is 0 Å². The molecule has 1 aliphatic carbocycles. The molecule has 1 unspecified atom stereocenters. The second kappa shape index (κ2) is 6.02. The van der Waals surface area contributed by atoms with E-state index in [1.54, 1.807) is 0 Å². The van der Waals surface area contributed by atoms with E-state index in [1.807, 2.05) is 18.2 Å². The number of rotatable bonds is 3. The van der Waals surface area contributed by atoms with Crippen LogP contribution in [0.1, 0.15) is 40.4 Å². The molecule has 0 aromatic heterocycles. The molecule has 0 radical (unpaired) electrons. The van der Waals surface area contributed by atoms with E-state index in [4.69, 9.17) is 11.6 Å². The first-order valence-corrected chi connectivity index (χ1v) is 9.05. The third kappa shape index (κ3) is 2.78. The Morgan fingerprint density at radius 2 is 1.92 bits per heavy atom. The minimum atomic E-state index is -0.288. The molecule has 1 aliphatic heterocycles. The topological polar surface area (TPSA) is 20.3 Å². The van der Waals surface area contributed by atoms with Crippen LogP contribution >= 0.6 is 11.6 Å². The molecular weight excluding hydrogens is 318 g/mol. The largest absolute Gasteiger partial charge is 0.299 e. The van der Waals surface area contributed by atoms with Gasteiger partial charge in [-0.05, 0) is 60.7 Å². The van der Waals surface area contributed by atoms with Crippen molar-refractivity contribution < 1.29 is 4.79 Å². The van der Waals surface area contributed by atoms with E-state index in [-0.39, 0.29) is 11.2 Å². The number of ketones is 1. The van der Waals surface area contributed by atoms with E-state index in [2.05, 4.69) is 36.1 Å². The average molecular weight is 340 g/mol. The average Bonchev–Trinajstić information content (AvgIpc) is 2.83. The molecule has 2 aromatic carbocycles. The van der Waals surface area contributed by atoms with E-state index in [0.717, 1.165) is 55.0 Å². The fourth-order valence-electron chi connectivity index (χ4n) is 4.11. The molecule has 2 aliphatic rings. The van der Waals surface area contributed by atoms with Crippen molar-refractivity contribution in [1.29, 1.82) is 0 Å². The first kappa shape index (κ1) is 15.9. The number of hydrogen-bond donors (Lipinski definition) is 0. The molecule has 3 heteroatoms. The molecule has 0 bridgehead atoms. The molecule has 1 atom stereocenters. The van der Waals surface area contributed by atoms with Crippen LogP contribution in [-0.2, 0) is 19.4 Å². The molecule has 2 nitrogen and oxygen atoms in total. The van der Waals surface area contributed by atoms with Crippen LogP contribution in [0.15, 0.2) is 42.5 Å². The highest BCUT2D eigenvalue weighted by Crippen LogP contribution is 2.40. The highest BCUT2D eigenvalue weighted by molar-refractivity contribution is 6.30. The lowest BCUT2D eigenvalue weighted by Gasteiger charge is -2.31. The van der Waals surface area contributed by atoms with E-state index in [0.29, 0.717) is 0 Å². The van der Waals surface area contributed by atoms with Crippen LogP contribution in [0.25, 0.3) is 0 Å². The van der Waals surface area contributed by atoms with Crippen molar-refractivity contribution >= 4 is 17.4 Å². The molecule has 2 aromatic rings. The van der Waals surface area contributed by atoms with Gasteiger partial charge in [-0.25, -0.2) is 0 Å². The van der Waals surface area contributed by atoms with Gasteiger partial charge >= 0.3 is 0 Å². The summed E-state index contributed by atoms with van der Waals surface area (Å²) in [5.41, 5.74) is 4.59. The summed E-state index contributed by atoms with van der Waals surface area (Å²) in [6, 6.07) is 14.4. The maximum atomic E-state index is 12.8. The minimum absolute atomic E-state index is 0.284. The van der Waals surface area contributed by atoms with Gasteiger partial charge in [0.05, 0.1) is 0 Å². The van der Waals surface area contributed by atoms with Crippen LogP contribution in [0.2, 0.25) is 5.02 Å². The van der Waals surface area contributed by atoms with Gasteiger partial charge in [0.1, 0.15) is 0 Å². The number of halogens is 1. The number of carbonyl (C=O) groups excluding carboxylic acids is 1. The fourth-order valence-corrected chi connectivity index (χ4v) is 4.30. The predicted molar refractivity (Wildman–Crippen MR) is 97.6 cm³/mol. The first-order valence-electron chi connectivity index (χ1n) is 8.67. The monoisotopic (exact) mass is 339 g/mol. The van der Waals surface area contributed by atoms with Gasteiger partial charge in [-0.15, -0.1) is 0 Å². The lowest BCUT2D eigenvalue weighted by molar-refractivity contribution is 0.0805. The van der Waals surface area contributed by atoms with Crippen LogP contribution in [0.3, 0.4) is 0 Å². The Hall–Kier alpha value is -1.64. The highest BCUT2D eigenvalue weighted by Gasteiger charge is 2.41. The Labute approximate surface area is 148 Å². The zero-order valence-electron chi connectivity index (χ0n) is 14.0. The van der Waals surface area contributed by atoms with Crippen molar-refractivity contribution in [2.24, 2.45) is 5.41 Å². The quantitative estimate of drug-likeness (QED) is 0.818. The van der Waals surface area contributed by atoms with E-state index in [9.17, 15) is 4.79 Å². The number of benzene rings is 2. The molecular formula is C21H22ClNO. The van der Waals surface area contributed by atoms with Crippen molar-refractivity contribution in [3.8, 4) is 0 Å². The predicted octanol–water partition coefficient (Wildman–Crippen LogP) is 4.53.